The number of carbonyl (C=O) groups is 1. The van der Waals surface area contributed by atoms with E-state index in [4.69, 9.17) is 9.26 Å². The molecule has 31 heavy (non-hydrogen) atoms. The lowest BCUT2D eigenvalue weighted by Gasteiger charge is -2.06. The first-order valence-corrected chi connectivity index (χ1v) is 10.2. The highest BCUT2D eigenvalue weighted by Crippen LogP contribution is 2.23. The fourth-order valence-electron chi connectivity index (χ4n) is 2.92. The van der Waals surface area contributed by atoms with Crippen LogP contribution in [0.25, 0.3) is 0 Å². The second-order valence-electron chi connectivity index (χ2n) is 6.77. The van der Waals surface area contributed by atoms with Crippen molar-refractivity contribution in [1.29, 1.82) is 0 Å². The molecule has 4 aromatic rings. The van der Waals surface area contributed by atoms with E-state index in [1.807, 2.05) is 30.3 Å². The van der Waals surface area contributed by atoms with Gasteiger partial charge in [-0.15, -0.1) is 0 Å². The molecule has 0 bridgehead atoms. The van der Waals surface area contributed by atoms with Crippen molar-refractivity contribution in [2.24, 2.45) is 0 Å². The van der Waals surface area contributed by atoms with Crippen LogP contribution in [0.2, 0.25) is 0 Å². The van der Waals surface area contributed by atoms with Crippen molar-refractivity contribution >= 4 is 27.7 Å². The van der Waals surface area contributed by atoms with Crippen molar-refractivity contribution in [2.75, 3.05) is 5.32 Å². The number of carbonyl (C=O) groups excluding carboxylic acids is 1. The maximum absolute atomic E-state index is 13.1. The maximum Gasteiger partial charge on any atom is 0.279 e. The number of halogens is 2. The SMILES string of the molecule is Cc1onc(C(=O)Nc2nn(Cc3ccc(F)cc3)cc2Br)c1COc1ccccc1. The van der Waals surface area contributed by atoms with Crippen LogP contribution in [0.15, 0.2) is 69.8 Å². The fourth-order valence-corrected chi connectivity index (χ4v) is 3.33. The van der Waals surface area contributed by atoms with E-state index in [0.717, 1.165) is 5.56 Å². The third-order valence-corrected chi connectivity index (χ3v) is 5.11. The van der Waals surface area contributed by atoms with E-state index in [1.165, 1.54) is 12.1 Å². The van der Waals surface area contributed by atoms with Gasteiger partial charge in [0.15, 0.2) is 11.5 Å². The van der Waals surface area contributed by atoms with Crippen molar-refractivity contribution < 1.29 is 18.4 Å². The van der Waals surface area contributed by atoms with Gasteiger partial charge >= 0.3 is 0 Å². The zero-order valence-corrected chi connectivity index (χ0v) is 18.1. The van der Waals surface area contributed by atoms with Crippen LogP contribution in [-0.4, -0.2) is 20.8 Å². The predicted molar refractivity (Wildman–Crippen MR) is 115 cm³/mol. The van der Waals surface area contributed by atoms with E-state index >= 15 is 0 Å². The number of hydrogen-bond donors (Lipinski definition) is 1. The molecule has 2 aromatic heterocycles. The van der Waals surface area contributed by atoms with Gasteiger partial charge < -0.3 is 14.6 Å². The summed E-state index contributed by atoms with van der Waals surface area (Å²) in [6.07, 6.45) is 1.73. The Bertz CT molecular complexity index is 1190. The second kappa shape index (κ2) is 9.13. The molecule has 0 radical (unpaired) electrons. The Morgan fingerprint density at radius 2 is 1.94 bits per heavy atom. The summed E-state index contributed by atoms with van der Waals surface area (Å²) >= 11 is 3.40. The van der Waals surface area contributed by atoms with Crippen molar-refractivity contribution in [2.45, 2.75) is 20.1 Å². The Kier molecular flexibility index (Phi) is 6.13. The van der Waals surface area contributed by atoms with Crippen LogP contribution in [0, 0.1) is 12.7 Å². The predicted octanol–water partition coefficient (Wildman–Crippen LogP) is 4.96. The average molecular weight is 485 g/mol. The quantitative estimate of drug-likeness (QED) is 0.400. The first-order valence-electron chi connectivity index (χ1n) is 9.41. The van der Waals surface area contributed by atoms with E-state index in [9.17, 15) is 9.18 Å². The van der Waals surface area contributed by atoms with Crippen molar-refractivity contribution in [3.8, 4) is 5.75 Å². The molecule has 1 N–H and O–H groups in total. The van der Waals surface area contributed by atoms with Gasteiger partial charge in [-0.25, -0.2) is 4.39 Å². The average Bonchev–Trinajstić information content (AvgIpc) is 3.30. The van der Waals surface area contributed by atoms with Crippen LogP contribution >= 0.6 is 15.9 Å². The van der Waals surface area contributed by atoms with Gasteiger partial charge in [-0.05, 0) is 52.7 Å². The standard InChI is InChI=1S/C22H18BrFN4O3/c1-14-18(13-30-17-5-3-2-4-6-17)20(27-31-14)22(29)25-21-19(23)12-28(26-21)11-15-7-9-16(24)10-8-15/h2-10,12H,11,13H2,1H3,(H,25,26,29). The molecular weight excluding hydrogens is 467 g/mol. The van der Waals surface area contributed by atoms with Gasteiger partial charge in [0, 0.05) is 6.20 Å². The molecule has 0 fully saturated rings. The molecule has 0 aliphatic carbocycles. The number of benzene rings is 2. The molecule has 0 unspecified atom stereocenters. The Morgan fingerprint density at radius 1 is 1.19 bits per heavy atom. The summed E-state index contributed by atoms with van der Waals surface area (Å²) in [6.45, 7) is 2.29. The highest BCUT2D eigenvalue weighted by molar-refractivity contribution is 9.10. The van der Waals surface area contributed by atoms with Crippen molar-refractivity contribution in [3.63, 3.8) is 0 Å². The molecule has 0 saturated heterocycles. The molecule has 9 heteroatoms. The molecule has 0 atom stereocenters. The second-order valence-corrected chi connectivity index (χ2v) is 7.63. The summed E-state index contributed by atoms with van der Waals surface area (Å²) in [5, 5.41) is 11.0. The summed E-state index contributed by atoms with van der Waals surface area (Å²) in [7, 11) is 0. The number of aryl methyl sites for hydroxylation is 1. The number of hydrogen-bond acceptors (Lipinski definition) is 5. The van der Waals surface area contributed by atoms with Crippen LogP contribution in [0.4, 0.5) is 10.2 Å². The zero-order chi connectivity index (χ0) is 21.8. The molecular formula is C22H18BrFN4O3. The van der Waals surface area contributed by atoms with Crippen LogP contribution < -0.4 is 10.1 Å². The summed E-state index contributed by atoms with van der Waals surface area (Å²) in [6, 6.07) is 15.4. The van der Waals surface area contributed by atoms with Gasteiger partial charge in [-0.1, -0.05) is 35.5 Å². The molecule has 7 nitrogen and oxygen atoms in total. The molecule has 0 aliphatic heterocycles. The number of amides is 1. The number of nitrogens with zero attached hydrogens (tertiary/aromatic N) is 3. The summed E-state index contributed by atoms with van der Waals surface area (Å²) < 4.78 is 26.3. The molecule has 0 saturated carbocycles. The molecule has 158 valence electrons. The summed E-state index contributed by atoms with van der Waals surface area (Å²) in [5.74, 6) is 0.756. The summed E-state index contributed by atoms with van der Waals surface area (Å²) in [5.41, 5.74) is 1.57. The first-order chi connectivity index (χ1) is 15.0. The Morgan fingerprint density at radius 3 is 2.68 bits per heavy atom. The third-order valence-electron chi connectivity index (χ3n) is 4.53. The Hall–Kier alpha value is -3.46. The van der Waals surface area contributed by atoms with Crippen LogP contribution in [0.5, 0.6) is 5.75 Å². The lowest BCUT2D eigenvalue weighted by molar-refractivity contribution is 0.101. The van der Waals surface area contributed by atoms with Crippen LogP contribution in [0.3, 0.4) is 0 Å². The molecule has 0 spiro atoms. The van der Waals surface area contributed by atoms with Gasteiger partial charge in [0.25, 0.3) is 5.91 Å². The lowest BCUT2D eigenvalue weighted by atomic mass is 10.2. The Balaban J connectivity index is 1.46. The van der Waals surface area contributed by atoms with E-state index in [1.54, 1.807) is 29.9 Å². The number of anilines is 1. The zero-order valence-electron chi connectivity index (χ0n) is 16.5. The van der Waals surface area contributed by atoms with E-state index in [0.29, 0.717) is 33.9 Å². The van der Waals surface area contributed by atoms with Gasteiger partial charge in [0.2, 0.25) is 0 Å². The number of ether oxygens (including phenoxy) is 1. The van der Waals surface area contributed by atoms with Crippen LogP contribution in [0.1, 0.15) is 27.4 Å². The van der Waals surface area contributed by atoms with Gasteiger partial charge in [0.1, 0.15) is 23.9 Å². The van der Waals surface area contributed by atoms with Gasteiger partial charge in [-0.2, -0.15) is 5.10 Å². The highest BCUT2D eigenvalue weighted by atomic mass is 79.9. The monoisotopic (exact) mass is 484 g/mol. The normalized spacial score (nSPS) is 10.8. The summed E-state index contributed by atoms with van der Waals surface area (Å²) in [4.78, 5) is 12.8. The minimum absolute atomic E-state index is 0.133. The van der Waals surface area contributed by atoms with E-state index < -0.39 is 5.91 Å². The third kappa shape index (κ3) is 5.00. The number of nitrogens with one attached hydrogen (secondary N) is 1. The minimum Gasteiger partial charge on any atom is -0.489 e. The molecule has 1 amide bonds. The van der Waals surface area contributed by atoms with E-state index in [-0.39, 0.29) is 18.1 Å². The van der Waals surface area contributed by atoms with Crippen molar-refractivity contribution in [1.82, 2.24) is 14.9 Å². The van der Waals surface area contributed by atoms with Gasteiger partial charge in [-0.3, -0.25) is 9.48 Å². The Labute approximate surface area is 185 Å². The molecule has 2 heterocycles. The van der Waals surface area contributed by atoms with Gasteiger partial charge in [0.05, 0.1) is 16.6 Å². The minimum atomic E-state index is -0.462. The number of rotatable bonds is 7. The largest absolute Gasteiger partial charge is 0.489 e. The first kappa shape index (κ1) is 20.8. The van der Waals surface area contributed by atoms with Crippen molar-refractivity contribution in [3.05, 3.63) is 93.7 Å². The lowest BCUT2D eigenvalue weighted by Crippen LogP contribution is -2.16. The molecule has 4 rings (SSSR count). The number of aromatic nitrogens is 3. The highest BCUT2D eigenvalue weighted by Gasteiger charge is 2.22. The molecule has 2 aromatic carbocycles. The maximum atomic E-state index is 13.1. The molecule has 0 aliphatic rings. The van der Waals surface area contributed by atoms with E-state index in [2.05, 4.69) is 31.5 Å². The number of para-hydroxylation sites is 1. The smallest absolute Gasteiger partial charge is 0.279 e. The van der Waals surface area contributed by atoms with Crippen LogP contribution in [-0.2, 0) is 13.2 Å². The fraction of sp³-hybridized carbons (Fsp3) is 0.136. The topological polar surface area (TPSA) is 82.2 Å².